The van der Waals surface area contributed by atoms with E-state index in [1.165, 1.54) is 6.92 Å². The highest BCUT2D eigenvalue weighted by Crippen LogP contribution is 2.32. The van der Waals surface area contributed by atoms with Crippen LogP contribution in [0.25, 0.3) is 0 Å². The topological polar surface area (TPSA) is 73.0 Å². The largest absolute Gasteiger partial charge is 0.397 e. The van der Waals surface area contributed by atoms with Gasteiger partial charge in [0, 0.05) is 16.9 Å². The zero-order valence-corrected chi connectivity index (χ0v) is 9.11. The maximum absolute atomic E-state index is 12.4. The van der Waals surface area contributed by atoms with Crippen LogP contribution in [-0.2, 0) is 9.05 Å². The molecule has 15 heavy (non-hydrogen) atoms. The maximum Gasteiger partial charge on any atom is 0.267 e. The lowest BCUT2D eigenvalue weighted by Crippen LogP contribution is -2.07. The highest BCUT2D eigenvalue weighted by Gasteiger charge is 2.24. The molecule has 0 amide bonds. The summed E-state index contributed by atoms with van der Waals surface area (Å²) < 4.78 is 46.8. The minimum absolute atomic E-state index is 0.00750. The molecule has 4 nitrogen and oxygen atoms in total. The van der Waals surface area contributed by atoms with Crippen LogP contribution in [0.2, 0.25) is 0 Å². The average molecular weight is 257 g/mol. The maximum atomic E-state index is 12.4. The van der Waals surface area contributed by atoms with E-state index < -0.39 is 31.6 Å². The summed E-state index contributed by atoms with van der Waals surface area (Å²) in [5, 5.41) is 0. The van der Waals surface area contributed by atoms with E-state index in [1.54, 1.807) is 0 Å². The van der Waals surface area contributed by atoms with Gasteiger partial charge in [-0.3, -0.25) is 4.98 Å². The van der Waals surface area contributed by atoms with Gasteiger partial charge in [-0.25, -0.2) is 17.2 Å². The van der Waals surface area contributed by atoms with Gasteiger partial charge in [-0.2, -0.15) is 0 Å². The minimum Gasteiger partial charge on any atom is -0.397 e. The van der Waals surface area contributed by atoms with Gasteiger partial charge in [-0.05, 0) is 6.92 Å². The Morgan fingerprint density at radius 2 is 2.07 bits per heavy atom. The average Bonchev–Trinajstić information content (AvgIpc) is 2.00. The molecule has 8 heteroatoms. The molecule has 0 aromatic carbocycles. The number of anilines is 1. The number of alkyl halides is 2. The van der Waals surface area contributed by atoms with E-state index >= 15 is 0 Å². The van der Waals surface area contributed by atoms with Crippen LogP contribution in [0.3, 0.4) is 0 Å². The third-order valence-corrected chi connectivity index (χ3v) is 3.23. The van der Waals surface area contributed by atoms with Crippen LogP contribution < -0.4 is 5.73 Å². The molecule has 0 atom stereocenters. The molecule has 0 saturated heterocycles. The lowest BCUT2D eigenvalue weighted by Gasteiger charge is -2.09. The first kappa shape index (κ1) is 12.1. The molecular weight excluding hydrogens is 250 g/mol. The highest BCUT2D eigenvalue weighted by molar-refractivity contribution is 8.13. The number of halogens is 3. The van der Waals surface area contributed by atoms with E-state index in [-0.39, 0.29) is 5.69 Å². The molecular formula is C7H7ClF2N2O2S. The summed E-state index contributed by atoms with van der Waals surface area (Å²) in [4.78, 5) is 2.95. The van der Waals surface area contributed by atoms with Gasteiger partial charge in [0.25, 0.3) is 15.5 Å². The molecule has 0 unspecified atom stereocenters. The monoisotopic (exact) mass is 256 g/mol. The quantitative estimate of drug-likeness (QED) is 0.820. The van der Waals surface area contributed by atoms with Crippen LogP contribution in [0, 0.1) is 6.92 Å². The molecule has 0 aliphatic heterocycles. The molecule has 0 aliphatic rings. The molecule has 84 valence electrons. The zero-order valence-electron chi connectivity index (χ0n) is 7.54. The normalized spacial score (nSPS) is 12.1. The van der Waals surface area contributed by atoms with Crippen LogP contribution >= 0.6 is 10.7 Å². The Hall–Kier alpha value is -0.950. The van der Waals surface area contributed by atoms with Gasteiger partial charge >= 0.3 is 0 Å². The fourth-order valence-corrected chi connectivity index (χ4v) is 2.47. The summed E-state index contributed by atoms with van der Waals surface area (Å²) in [6.07, 6.45) is -2.06. The second-order valence-electron chi connectivity index (χ2n) is 2.78. The van der Waals surface area contributed by atoms with Crippen molar-refractivity contribution in [2.45, 2.75) is 18.2 Å². The van der Waals surface area contributed by atoms with Crippen molar-refractivity contribution in [2.75, 3.05) is 5.73 Å². The molecule has 0 radical (unpaired) electrons. The standard InChI is InChI=1S/C7H7ClF2N2O2S/c1-3-6(15(8,13)14)5(11)4(2-12-3)7(9)10/h2,7H,1H3,(H2,11,12). The molecule has 0 fully saturated rings. The van der Waals surface area contributed by atoms with Crippen molar-refractivity contribution in [2.24, 2.45) is 0 Å². The van der Waals surface area contributed by atoms with Gasteiger partial charge in [0.05, 0.1) is 16.9 Å². The summed E-state index contributed by atoms with van der Waals surface area (Å²) in [6, 6.07) is 0. The second kappa shape index (κ2) is 3.90. The summed E-state index contributed by atoms with van der Waals surface area (Å²) in [6.45, 7) is 1.32. The summed E-state index contributed by atoms with van der Waals surface area (Å²) in [7, 11) is 0.884. The lowest BCUT2D eigenvalue weighted by atomic mass is 10.2. The number of nitrogens with zero attached hydrogens (tertiary/aromatic N) is 1. The van der Waals surface area contributed by atoms with E-state index in [0.29, 0.717) is 0 Å². The van der Waals surface area contributed by atoms with Crippen LogP contribution in [0.5, 0.6) is 0 Å². The number of aromatic nitrogens is 1. The summed E-state index contributed by atoms with van der Waals surface area (Å²) in [5.41, 5.74) is 4.09. The first-order chi connectivity index (χ1) is 6.75. The van der Waals surface area contributed by atoms with Crippen LogP contribution in [0.4, 0.5) is 14.5 Å². The Morgan fingerprint density at radius 3 is 2.47 bits per heavy atom. The second-order valence-corrected chi connectivity index (χ2v) is 5.28. The number of pyridine rings is 1. The van der Waals surface area contributed by atoms with Crippen molar-refractivity contribution in [3.8, 4) is 0 Å². The summed E-state index contributed by atoms with van der Waals surface area (Å²) >= 11 is 0. The third kappa shape index (κ3) is 2.35. The number of aryl methyl sites for hydroxylation is 1. The lowest BCUT2D eigenvalue weighted by molar-refractivity contribution is 0.151. The van der Waals surface area contributed by atoms with Crippen molar-refractivity contribution < 1.29 is 17.2 Å². The van der Waals surface area contributed by atoms with Crippen molar-refractivity contribution >= 4 is 25.4 Å². The predicted octanol–water partition coefficient (Wildman–Crippen LogP) is 1.84. The molecule has 0 spiro atoms. The minimum atomic E-state index is -4.17. The van der Waals surface area contributed by atoms with Gasteiger partial charge in [0.1, 0.15) is 4.90 Å². The molecule has 0 aliphatic carbocycles. The SMILES string of the molecule is Cc1ncc(C(F)F)c(N)c1S(=O)(=O)Cl. The van der Waals surface area contributed by atoms with Gasteiger partial charge in [0.15, 0.2) is 0 Å². The van der Waals surface area contributed by atoms with E-state index in [9.17, 15) is 17.2 Å². The first-order valence-electron chi connectivity index (χ1n) is 3.73. The molecule has 1 aromatic rings. The Bertz CT molecular complexity index is 490. The zero-order chi connectivity index (χ0) is 11.8. The van der Waals surface area contributed by atoms with Gasteiger partial charge in [-0.15, -0.1) is 0 Å². The number of nitrogen functional groups attached to an aromatic ring is 1. The van der Waals surface area contributed by atoms with E-state index in [2.05, 4.69) is 4.98 Å². The fraction of sp³-hybridized carbons (Fsp3) is 0.286. The third-order valence-electron chi connectivity index (χ3n) is 1.76. The van der Waals surface area contributed by atoms with Crippen molar-refractivity contribution in [3.63, 3.8) is 0 Å². The molecule has 1 aromatic heterocycles. The predicted molar refractivity (Wildman–Crippen MR) is 51.4 cm³/mol. The highest BCUT2D eigenvalue weighted by atomic mass is 35.7. The molecule has 2 N–H and O–H groups in total. The smallest absolute Gasteiger partial charge is 0.267 e. The van der Waals surface area contributed by atoms with Gasteiger partial charge in [-0.1, -0.05) is 0 Å². The Labute approximate surface area is 89.5 Å². The van der Waals surface area contributed by atoms with Crippen LogP contribution in [-0.4, -0.2) is 13.4 Å². The molecule has 1 rings (SSSR count). The van der Waals surface area contributed by atoms with Crippen molar-refractivity contribution in [1.29, 1.82) is 0 Å². The van der Waals surface area contributed by atoms with Crippen LogP contribution in [0.15, 0.2) is 11.1 Å². The fourth-order valence-electron chi connectivity index (χ4n) is 1.10. The molecule has 0 saturated carbocycles. The molecule has 0 bridgehead atoms. The van der Waals surface area contributed by atoms with E-state index in [4.69, 9.17) is 16.4 Å². The molecule has 1 heterocycles. The Kier molecular flexibility index (Phi) is 3.15. The summed E-state index contributed by atoms with van der Waals surface area (Å²) in [5.74, 6) is 0. The number of nitrogens with two attached hydrogens (primary N) is 1. The number of rotatable bonds is 2. The van der Waals surface area contributed by atoms with E-state index in [0.717, 1.165) is 6.20 Å². The van der Waals surface area contributed by atoms with Crippen molar-refractivity contribution in [3.05, 3.63) is 17.5 Å². The number of hydrogen-bond donors (Lipinski definition) is 1. The van der Waals surface area contributed by atoms with Crippen molar-refractivity contribution in [1.82, 2.24) is 4.98 Å². The first-order valence-corrected chi connectivity index (χ1v) is 6.04. The Morgan fingerprint density at radius 1 is 1.53 bits per heavy atom. The Balaban J connectivity index is 3.59. The van der Waals surface area contributed by atoms with Gasteiger partial charge < -0.3 is 5.73 Å². The van der Waals surface area contributed by atoms with Gasteiger partial charge in [0.2, 0.25) is 0 Å². The van der Waals surface area contributed by atoms with E-state index in [1.807, 2.05) is 0 Å². The number of hydrogen-bond acceptors (Lipinski definition) is 4. The van der Waals surface area contributed by atoms with Crippen LogP contribution in [0.1, 0.15) is 17.7 Å².